The molecule has 0 aliphatic carbocycles. The topological polar surface area (TPSA) is 58.5 Å². The summed E-state index contributed by atoms with van der Waals surface area (Å²) in [5.74, 6) is 0. The molecule has 0 radical (unpaired) electrons. The van der Waals surface area contributed by atoms with Gasteiger partial charge in [0.15, 0.2) is 11.9 Å². The van der Waals surface area contributed by atoms with Gasteiger partial charge in [0.1, 0.15) is 0 Å². The monoisotopic (exact) mass is 356 g/mol. The molecule has 0 fully saturated rings. The Balaban J connectivity index is 2.12. The Morgan fingerprint density at radius 3 is 2.00 bits per heavy atom. The number of aliphatic imine (C=N–C) groups is 1. The minimum absolute atomic E-state index is 0.491. The third-order valence-corrected chi connectivity index (χ3v) is 7.67. The minimum atomic E-state index is -3.05. The van der Waals surface area contributed by atoms with Gasteiger partial charge < -0.3 is 9.46 Å². The molecule has 24 heavy (non-hydrogen) atoms. The van der Waals surface area contributed by atoms with Crippen molar-refractivity contribution in [1.29, 1.82) is 0 Å². The van der Waals surface area contributed by atoms with Gasteiger partial charge >= 0.3 is 0 Å². The Morgan fingerprint density at radius 2 is 1.50 bits per heavy atom. The molecule has 1 aromatic heterocycles. The smallest absolute Gasteiger partial charge is 0.233 e. The summed E-state index contributed by atoms with van der Waals surface area (Å²) < 4.78 is 14.5. The van der Waals surface area contributed by atoms with Crippen molar-refractivity contribution >= 4 is 45.3 Å². The van der Waals surface area contributed by atoms with Crippen LogP contribution in [0.4, 0.5) is 5.13 Å². The van der Waals surface area contributed by atoms with Gasteiger partial charge in [-0.3, -0.25) is 0 Å². The molecule has 0 saturated heterocycles. The largest absolute Gasteiger partial charge is 0.369 e. The molecule has 0 spiro atoms. The van der Waals surface area contributed by atoms with Crippen molar-refractivity contribution in [2.75, 3.05) is 14.1 Å². The van der Waals surface area contributed by atoms with E-state index in [2.05, 4.69) is 15.2 Å². The molecule has 0 aliphatic rings. The molecule has 7 heteroatoms. The second-order valence-electron chi connectivity index (χ2n) is 5.36. The number of hydrogen-bond donors (Lipinski definition) is 0. The first-order valence-electron chi connectivity index (χ1n) is 7.36. The maximum absolute atomic E-state index is 14.0. The van der Waals surface area contributed by atoms with Crippen LogP contribution in [0.2, 0.25) is 0 Å². The lowest BCUT2D eigenvalue weighted by molar-refractivity contribution is 0.592. The van der Waals surface area contributed by atoms with E-state index in [0.29, 0.717) is 9.88 Å². The zero-order valence-electron chi connectivity index (χ0n) is 13.4. The molecule has 0 aliphatic heterocycles. The summed E-state index contributed by atoms with van der Waals surface area (Å²) in [5, 5.41) is 10.3. The summed E-state index contributed by atoms with van der Waals surface area (Å²) in [5.41, 5.74) is 0. The van der Waals surface area contributed by atoms with Crippen LogP contribution in [-0.2, 0) is 4.57 Å². The quantitative estimate of drug-likeness (QED) is 0.400. The van der Waals surface area contributed by atoms with Gasteiger partial charge in [-0.1, -0.05) is 72.0 Å². The number of aromatic nitrogens is 2. The van der Waals surface area contributed by atoms with Gasteiger partial charge in [0, 0.05) is 24.7 Å². The zero-order valence-corrected chi connectivity index (χ0v) is 15.1. The van der Waals surface area contributed by atoms with Crippen molar-refractivity contribution in [2.45, 2.75) is 0 Å². The van der Waals surface area contributed by atoms with Crippen molar-refractivity contribution in [3.05, 3.63) is 60.7 Å². The predicted molar refractivity (Wildman–Crippen MR) is 101 cm³/mol. The Hall–Kier alpha value is -2.30. The van der Waals surface area contributed by atoms with Gasteiger partial charge in [-0.05, 0) is 0 Å². The summed E-state index contributed by atoms with van der Waals surface area (Å²) in [7, 11) is 0.713. The summed E-state index contributed by atoms with van der Waals surface area (Å²) in [4.78, 5) is 6.07. The minimum Gasteiger partial charge on any atom is -0.369 e. The SMILES string of the molecule is CN(C)C=Nc1nnc(P(=O)(c2ccccc2)c2ccccc2)s1. The second-order valence-corrected chi connectivity index (χ2v) is 9.29. The van der Waals surface area contributed by atoms with Gasteiger partial charge in [-0.2, -0.15) is 0 Å². The first-order valence-corrected chi connectivity index (χ1v) is 9.89. The molecule has 1 heterocycles. The van der Waals surface area contributed by atoms with Gasteiger partial charge in [-0.15, -0.1) is 10.2 Å². The van der Waals surface area contributed by atoms with E-state index in [-0.39, 0.29) is 0 Å². The van der Waals surface area contributed by atoms with Crippen molar-refractivity contribution in [3.63, 3.8) is 0 Å². The average molecular weight is 356 g/mol. The highest BCUT2D eigenvalue weighted by Gasteiger charge is 2.33. The Labute approximate surface area is 145 Å². The Morgan fingerprint density at radius 1 is 0.958 bits per heavy atom. The standard InChI is InChI=1S/C17H17N4OPS/c1-21(2)13-18-16-19-20-17(24-16)23(22,14-9-5-3-6-10-14)15-11-7-4-8-12-15/h3-13H,1-2H3. The van der Waals surface area contributed by atoms with Crippen LogP contribution in [0.15, 0.2) is 65.7 Å². The fourth-order valence-corrected chi connectivity index (χ4v) is 6.11. The number of hydrogen-bond acceptors (Lipinski definition) is 5. The lowest BCUT2D eigenvalue weighted by Crippen LogP contribution is -2.24. The average Bonchev–Trinajstić information content (AvgIpc) is 3.10. The first-order chi connectivity index (χ1) is 11.6. The van der Waals surface area contributed by atoms with E-state index in [1.165, 1.54) is 11.3 Å². The summed E-state index contributed by atoms with van der Waals surface area (Å²) in [6, 6.07) is 18.9. The summed E-state index contributed by atoms with van der Waals surface area (Å²) >= 11 is 1.26. The van der Waals surface area contributed by atoms with Crippen LogP contribution in [0.1, 0.15) is 0 Å². The molecular weight excluding hydrogens is 339 g/mol. The number of rotatable bonds is 5. The predicted octanol–water partition coefficient (Wildman–Crippen LogP) is 2.40. The molecule has 2 aromatic carbocycles. The summed E-state index contributed by atoms with van der Waals surface area (Å²) in [6.45, 7) is 0. The molecule has 3 rings (SSSR count). The second kappa shape index (κ2) is 7.07. The number of nitrogens with zero attached hydrogens (tertiary/aromatic N) is 4. The van der Waals surface area contributed by atoms with E-state index in [4.69, 9.17) is 0 Å². The maximum atomic E-state index is 14.0. The molecule has 0 atom stereocenters. The molecule has 3 aromatic rings. The normalized spacial score (nSPS) is 11.8. The van der Waals surface area contributed by atoms with Crippen molar-refractivity contribution in [3.8, 4) is 0 Å². The van der Waals surface area contributed by atoms with Crippen molar-refractivity contribution in [2.24, 2.45) is 4.99 Å². The lowest BCUT2D eigenvalue weighted by atomic mass is 10.4. The highest BCUT2D eigenvalue weighted by atomic mass is 32.1. The van der Waals surface area contributed by atoms with Crippen LogP contribution in [0.25, 0.3) is 0 Å². The number of benzene rings is 2. The highest BCUT2D eigenvalue weighted by molar-refractivity contribution is 7.89. The molecule has 5 nitrogen and oxygen atoms in total. The summed E-state index contributed by atoms with van der Waals surface area (Å²) in [6.07, 6.45) is 1.65. The molecule has 122 valence electrons. The van der Waals surface area contributed by atoms with Crippen LogP contribution in [-0.4, -0.2) is 35.5 Å². The zero-order chi connectivity index (χ0) is 17.0. The van der Waals surface area contributed by atoms with Gasteiger partial charge in [0.05, 0.1) is 6.34 Å². The van der Waals surface area contributed by atoms with E-state index in [0.717, 1.165) is 10.6 Å². The lowest BCUT2D eigenvalue weighted by Gasteiger charge is -2.15. The molecule has 0 saturated carbocycles. The highest BCUT2D eigenvalue weighted by Crippen LogP contribution is 2.43. The van der Waals surface area contributed by atoms with E-state index >= 15 is 0 Å². The molecular formula is C17H17N4OPS. The molecule has 0 N–H and O–H groups in total. The van der Waals surface area contributed by atoms with Gasteiger partial charge in [-0.25, -0.2) is 4.99 Å². The third kappa shape index (κ3) is 3.30. The van der Waals surface area contributed by atoms with Crippen LogP contribution in [0.3, 0.4) is 0 Å². The van der Waals surface area contributed by atoms with E-state index in [9.17, 15) is 4.57 Å². The van der Waals surface area contributed by atoms with E-state index < -0.39 is 7.14 Å². The van der Waals surface area contributed by atoms with Crippen molar-refractivity contribution < 1.29 is 4.57 Å². The van der Waals surface area contributed by atoms with Crippen LogP contribution in [0, 0.1) is 0 Å². The van der Waals surface area contributed by atoms with Gasteiger partial charge in [0.2, 0.25) is 5.13 Å². The Kier molecular flexibility index (Phi) is 4.88. The Bertz CT molecular complexity index is 834. The van der Waals surface area contributed by atoms with E-state index in [1.54, 1.807) is 6.34 Å². The van der Waals surface area contributed by atoms with Crippen LogP contribution >= 0.6 is 18.5 Å². The fourth-order valence-electron chi connectivity index (χ4n) is 2.20. The maximum Gasteiger partial charge on any atom is 0.233 e. The molecule has 0 unspecified atom stereocenters. The van der Waals surface area contributed by atoms with Crippen LogP contribution < -0.4 is 15.4 Å². The van der Waals surface area contributed by atoms with Gasteiger partial charge in [0.25, 0.3) is 0 Å². The van der Waals surface area contributed by atoms with Crippen molar-refractivity contribution in [1.82, 2.24) is 15.1 Å². The van der Waals surface area contributed by atoms with E-state index in [1.807, 2.05) is 79.7 Å². The molecule has 0 amide bonds. The first kappa shape index (κ1) is 16.6. The molecule has 0 bridgehead atoms. The van der Waals surface area contributed by atoms with Crippen LogP contribution in [0.5, 0.6) is 0 Å². The third-order valence-electron chi connectivity index (χ3n) is 3.31. The fraction of sp³-hybridized carbons (Fsp3) is 0.118.